The number of ether oxygens (including phenoxy) is 1. The smallest absolute Gasteiger partial charge is 0.100 e. The Balaban J connectivity index is 3.15. The molecular weight excluding hydrogens is 174 g/mol. The standard InChI is InChI=1S/C8H19NO4/c1-9(2-4-10)3-5-13-7-8(12)6-11/h8,10-12H,2-7H2,1H3. The highest BCUT2D eigenvalue weighted by atomic mass is 16.5. The van der Waals surface area contributed by atoms with Gasteiger partial charge < -0.3 is 25.0 Å². The second-order valence-electron chi connectivity index (χ2n) is 2.94. The third kappa shape index (κ3) is 8.14. The summed E-state index contributed by atoms with van der Waals surface area (Å²) in [5.74, 6) is 0. The summed E-state index contributed by atoms with van der Waals surface area (Å²) in [6, 6.07) is 0. The van der Waals surface area contributed by atoms with Crippen LogP contribution in [0.5, 0.6) is 0 Å². The van der Waals surface area contributed by atoms with E-state index in [4.69, 9.17) is 20.1 Å². The van der Waals surface area contributed by atoms with Gasteiger partial charge in [0.15, 0.2) is 0 Å². The van der Waals surface area contributed by atoms with Crippen molar-refractivity contribution in [2.45, 2.75) is 6.10 Å². The number of hydrogen-bond acceptors (Lipinski definition) is 5. The second-order valence-corrected chi connectivity index (χ2v) is 2.94. The van der Waals surface area contributed by atoms with Gasteiger partial charge in [0, 0.05) is 13.1 Å². The van der Waals surface area contributed by atoms with Crippen molar-refractivity contribution >= 4 is 0 Å². The zero-order chi connectivity index (χ0) is 10.1. The van der Waals surface area contributed by atoms with Gasteiger partial charge in [0.1, 0.15) is 6.10 Å². The van der Waals surface area contributed by atoms with Crippen LogP contribution in [0.1, 0.15) is 0 Å². The van der Waals surface area contributed by atoms with Crippen molar-refractivity contribution in [2.24, 2.45) is 0 Å². The van der Waals surface area contributed by atoms with E-state index in [9.17, 15) is 0 Å². The van der Waals surface area contributed by atoms with Crippen LogP contribution in [0, 0.1) is 0 Å². The SMILES string of the molecule is CN(CCO)CCOCC(O)CO. The molecular formula is C8H19NO4. The Bertz CT molecular complexity index is 112. The molecule has 0 saturated heterocycles. The van der Waals surface area contributed by atoms with Gasteiger partial charge in [-0.15, -0.1) is 0 Å². The van der Waals surface area contributed by atoms with Gasteiger partial charge in [-0.25, -0.2) is 0 Å². The van der Waals surface area contributed by atoms with E-state index in [0.717, 1.165) is 0 Å². The van der Waals surface area contributed by atoms with Crippen LogP contribution in [0.15, 0.2) is 0 Å². The molecule has 3 N–H and O–H groups in total. The lowest BCUT2D eigenvalue weighted by Crippen LogP contribution is -2.28. The van der Waals surface area contributed by atoms with Gasteiger partial charge in [-0.05, 0) is 7.05 Å². The molecule has 80 valence electrons. The summed E-state index contributed by atoms with van der Waals surface area (Å²) in [6.45, 7) is 1.84. The molecule has 0 spiro atoms. The molecule has 0 fully saturated rings. The maximum Gasteiger partial charge on any atom is 0.100 e. The lowest BCUT2D eigenvalue weighted by molar-refractivity contribution is 0.00121. The molecule has 0 bridgehead atoms. The number of rotatable bonds is 8. The third-order valence-corrected chi connectivity index (χ3v) is 1.62. The zero-order valence-corrected chi connectivity index (χ0v) is 8.02. The van der Waals surface area contributed by atoms with Gasteiger partial charge in [-0.3, -0.25) is 0 Å². The van der Waals surface area contributed by atoms with Gasteiger partial charge in [-0.1, -0.05) is 0 Å². The Morgan fingerprint density at radius 3 is 2.54 bits per heavy atom. The lowest BCUT2D eigenvalue weighted by atomic mass is 10.4. The summed E-state index contributed by atoms with van der Waals surface area (Å²) in [5, 5.41) is 25.9. The topological polar surface area (TPSA) is 73.2 Å². The number of nitrogens with zero attached hydrogens (tertiary/aromatic N) is 1. The molecule has 0 aromatic heterocycles. The van der Waals surface area contributed by atoms with Gasteiger partial charge >= 0.3 is 0 Å². The fourth-order valence-corrected chi connectivity index (χ4v) is 0.775. The van der Waals surface area contributed by atoms with E-state index in [0.29, 0.717) is 19.7 Å². The first-order chi connectivity index (χ1) is 6.20. The second kappa shape index (κ2) is 8.40. The molecule has 0 saturated carbocycles. The van der Waals surface area contributed by atoms with E-state index in [1.165, 1.54) is 0 Å². The quantitative estimate of drug-likeness (QED) is 0.400. The van der Waals surface area contributed by atoms with Gasteiger partial charge in [-0.2, -0.15) is 0 Å². The number of hydrogen-bond donors (Lipinski definition) is 3. The van der Waals surface area contributed by atoms with Crippen molar-refractivity contribution in [3.8, 4) is 0 Å². The Hall–Kier alpha value is -0.200. The molecule has 13 heavy (non-hydrogen) atoms. The van der Waals surface area contributed by atoms with Gasteiger partial charge in [0.2, 0.25) is 0 Å². The minimum absolute atomic E-state index is 0.135. The lowest BCUT2D eigenvalue weighted by Gasteiger charge is -2.15. The molecule has 0 aromatic rings. The minimum atomic E-state index is -0.789. The molecule has 0 aliphatic carbocycles. The molecule has 0 radical (unpaired) electrons. The molecule has 1 unspecified atom stereocenters. The highest BCUT2D eigenvalue weighted by Crippen LogP contribution is 1.86. The predicted octanol–water partition coefficient (Wildman–Crippen LogP) is -1.72. The third-order valence-electron chi connectivity index (χ3n) is 1.62. The van der Waals surface area contributed by atoms with Crippen LogP contribution in [-0.4, -0.2) is 72.9 Å². The fourth-order valence-electron chi connectivity index (χ4n) is 0.775. The molecule has 0 heterocycles. The van der Waals surface area contributed by atoms with Crippen molar-refractivity contribution in [1.29, 1.82) is 0 Å². The van der Waals surface area contributed by atoms with E-state index in [-0.39, 0.29) is 19.8 Å². The van der Waals surface area contributed by atoms with E-state index >= 15 is 0 Å². The largest absolute Gasteiger partial charge is 0.395 e. The molecule has 0 amide bonds. The average Bonchev–Trinajstić information content (AvgIpc) is 2.12. The molecule has 1 atom stereocenters. The monoisotopic (exact) mass is 193 g/mol. The molecule has 0 aliphatic heterocycles. The van der Waals surface area contributed by atoms with Gasteiger partial charge in [0.05, 0.1) is 26.4 Å². The van der Waals surface area contributed by atoms with Crippen molar-refractivity contribution in [3.63, 3.8) is 0 Å². The molecule has 0 aliphatic rings. The van der Waals surface area contributed by atoms with Crippen LogP contribution < -0.4 is 0 Å². The first-order valence-corrected chi connectivity index (χ1v) is 4.36. The number of aliphatic hydroxyl groups is 3. The van der Waals surface area contributed by atoms with Crippen LogP contribution in [0.4, 0.5) is 0 Å². The van der Waals surface area contributed by atoms with Crippen LogP contribution in [0.3, 0.4) is 0 Å². The van der Waals surface area contributed by atoms with E-state index in [1.807, 2.05) is 11.9 Å². The van der Waals surface area contributed by atoms with Crippen LogP contribution in [0.2, 0.25) is 0 Å². The van der Waals surface area contributed by atoms with Crippen molar-refractivity contribution < 1.29 is 20.1 Å². The summed E-state index contributed by atoms with van der Waals surface area (Å²) in [4.78, 5) is 1.92. The summed E-state index contributed by atoms with van der Waals surface area (Å²) in [7, 11) is 1.88. The summed E-state index contributed by atoms with van der Waals surface area (Å²) < 4.78 is 5.07. The maximum absolute atomic E-state index is 8.90. The molecule has 0 aromatic carbocycles. The predicted molar refractivity (Wildman–Crippen MR) is 48.5 cm³/mol. The van der Waals surface area contributed by atoms with Crippen molar-refractivity contribution in [2.75, 3.05) is 46.6 Å². The summed E-state index contributed by atoms with van der Waals surface area (Å²) >= 11 is 0. The highest BCUT2D eigenvalue weighted by molar-refractivity contribution is 4.51. The highest BCUT2D eigenvalue weighted by Gasteiger charge is 2.01. The Morgan fingerprint density at radius 2 is 2.00 bits per heavy atom. The molecule has 5 heteroatoms. The molecule has 5 nitrogen and oxygen atoms in total. The van der Waals surface area contributed by atoms with Crippen LogP contribution >= 0.6 is 0 Å². The van der Waals surface area contributed by atoms with E-state index < -0.39 is 6.10 Å². The number of aliphatic hydroxyl groups excluding tert-OH is 3. The first-order valence-electron chi connectivity index (χ1n) is 4.36. The van der Waals surface area contributed by atoms with Crippen LogP contribution in [-0.2, 0) is 4.74 Å². The maximum atomic E-state index is 8.90. The van der Waals surface area contributed by atoms with E-state index in [1.54, 1.807) is 0 Å². The van der Waals surface area contributed by atoms with Crippen LogP contribution in [0.25, 0.3) is 0 Å². The average molecular weight is 193 g/mol. The number of likely N-dealkylation sites (N-methyl/N-ethyl adjacent to an activating group) is 1. The Labute approximate surface area is 78.5 Å². The summed E-state index contributed by atoms with van der Waals surface area (Å²) in [5.41, 5.74) is 0. The Morgan fingerprint density at radius 1 is 1.31 bits per heavy atom. The first kappa shape index (κ1) is 12.8. The van der Waals surface area contributed by atoms with E-state index in [2.05, 4.69) is 0 Å². The minimum Gasteiger partial charge on any atom is -0.395 e. The Kier molecular flexibility index (Phi) is 8.27. The fraction of sp³-hybridized carbons (Fsp3) is 1.00. The zero-order valence-electron chi connectivity index (χ0n) is 8.02. The van der Waals surface area contributed by atoms with Crippen molar-refractivity contribution in [3.05, 3.63) is 0 Å². The molecule has 0 rings (SSSR count). The summed E-state index contributed by atoms with van der Waals surface area (Å²) in [6.07, 6.45) is -0.789. The van der Waals surface area contributed by atoms with Crippen molar-refractivity contribution in [1.82, 2.24) is 4.90 Å². The van der Waals surface area contributed by atoms with Gasteiger partial charge in [0.25, 0.3) is 0 Å². The normalized spacial score (nSPS) is 13.6.